The van der Waals surface area contributed by atoms with Gasteiger partial charge in [-0.05, 0) is 58.9 Å². The van der Waals surface area contributed by atoms with Crippen molar-refractivity contribution in [2.24, 2.45) is 23.2 Å². The average Bonchev–Trinajstić information content (AvgIpc) is 2.59. The average molecular weight is 426 g/mol. The van der Waals surface area contributed by atoms with Crippen LogP contribution in [-0.4, -0.2) is 28.4 Å². The second-order valence-electron chi connectivity index (χ2n) is 8.16. The van der Waals surface area contributed by atoms with E-state index in [1.807, 2.05) is 0 Å². The van der Waals surface area contributed by atoms with Crippen LogP contribution in [0.3, 0.4) is 0 Å². The Labute approximate surface area is 162 Å². The summed E-state index contributed by atoms with van der Waals surface area (Å²) in [6, 6.07) is 0.361. The molecule has 3 aliphatic carbocycles. The first-order valence-electron chi connectivity index (χ1n) is 9.43. The largest absolute Gasteiger partial charge is 0.466 e. The summed E-state index contributed by atoms with van der Waals surface area (Å²) in [6.07, 6.45) is 4.26. The first-order valence-corrected chi connectivity index (χ1v) is 10.2. The minimum atomic E-state index is -0.322. The molecule has 0 aromatic carbocycles. The fourth-order valence-electron chi connectivity index (χ4n) is 4.70. The first-order chi connectivity index (χ1) is 12.3. The van der Waals surface area contributed by atoms with Crippen LogP contribution in [0.2, 0.25) is 0 Å². The normalized spacial score (nSPS) is 29.0. The lowest BCUT2D eigenvalue weighted by atomic mass is 9.45. The second kappa shape index (κ2) is 7.33. The topological polar surface area (TPSA) is 73.2 Å². The minimum Gasteiger partial charge on any atom is -0.466 e. The monoisotopic (exact) mass is 425 g/mol. The van der Waals surface area contributed by atoms with E-state index in [2.05, 4.69) is 47.1 Å². The van der Waals surface area contributed by atoms with Crippen LogP contribution >= 0.6 is 15.9 Å². The highest BCUT2D eigenvalue weighted by Gasteiger charge is 2.56. The molecule has 3 fully saturated rings. The van der Waals surface area contributed by atoms with Crippen LogP contribution in [-0.2, 0) is 16.1 Å². The zero-order chi connectivity index (χ0) is 19.1. The van der Waals surface area contributed by atoms with E-state index in [0.717, 1.165) is 23.9 Å². The quantitative estimate of drug-likeness (QED) is 0.706. The lowest BCUT2D eigenvalue weighted by molar-refractivity contribution is -0.143. The molecule has 1 heterocycles. The number of nitrogens with zero attached hydrogens (tertiary/aromatic N) is 2. The van der Waals surface area contributed by atoms with Crippen LogP contribution in [0.15, 0.2) is 15.5 Å². The van der Waals surface area contributed by atoms with Crippen LogP contribution in [0.25, 0.3) is 0 Å². The van der Waals surface area contributed by atoms with Crippen molar-refractivity contribution in [1.29, 1.82) is 0 Å². The van der Waals surface area contributed by atoms with Crippen molar-refractivity contribution >= 4 is 27.6 Å². The van der Waals surface area contributed by atoms with Crippen LogP contribution in [0.5, 0.6) is 0 Å². The molecule has 0 aliphatic heterocycles. The third-order valence-corrected chi connectivity index (χ3v) is 7.28. The Morgan fingerprint density at radius 1 is 1.46 bits per heavy atom. The highest BCUT2D eigenvalue weighted by Crippen LogP contribution is 2.61. The van der Waals surface area contributed by atoms with Crippen LogP contribution in [0, 0.1) is 23.2 Å². The molecule has 4 rings (SSSR count). The standard InChI is InChI=1S/C19H28BrN3O3/c1-5-26-16(24)6-7-23-18(25)17(20)15(10-21-23)22-14-9-12-8-13(11(14)2)19(12,3)4/h10-14,22H,5-9H2,1-4H3/t11-,12+,13-,14-/m1/s1. The molecule has 2 bridgehead atoms. The predicted molar refractivity (Wildman–Crippen MR) is 104 cm³/mol. The van der Waals surface area contributed by atoms with E-state index in [0.29, 0.717) is 28.5 Å². The third-order valence-electron chi connectivity index (χ3n) is 6.51. The maximum absolute atomic E-state index is 12.5. The van der Waals surface area contributed by atoms with Gasteiger partial charge >= 0.3 is 5.97 Å². The van der Waals surface area contributed by atoms with Crippen LogP contribution in [0.4, 0.5) is 5.69 Å². The fraction of sp³-hybridized carbons (Fsp3) is 0.737. The van der Waals surface area contributed by atoms with Crippen molar-refractivity contribution in [2.75, 3.05) is 11.9 Å². The minimum absolute atomic E-state index is 0.137. The third kappa shape index (κ3) is 3.42. The van der Waals surface area contributed by atoms with E-state index in [-0.39, 0.29) is 24.5 Å². The molecule has 0 saturated heterocycles. The Balaban J connectivity index is 1.67. The number of carbonyl (C=O) groups is 1. The van der Waals surface area contributed by atoms with E-state index in [1.165, 1.54) is 11.1 Å². The summed E-state index contributed by atoms with van der Waals surface area (Å²) in [7, 11) is 0. The second-order valence-corrected chi connectivity index (χ2v) is 8.95. The van der Waals surface area contributed by atoms with Crippen LogP contribution in [0.1, 0.15) is 47.0 Å². The Morgan fingerprint density at radius 2 is 2.19 bits per heavy atom. The van der Waals surface area contributed by atoms with Crippen molar-refractivity contribution in [3.63, 3.8) is 0 Å². The molecule has 1 aromatic heterocycles. The highest BCUT2D eigenvalue weighted by atomic mass is 79.9. The Morgan fingerprint density at radius 3 is 2.81 bits per heavy atom. The molecule has 3 saturated carbocycles. The number of fused-ring (bicyclic) bond motifs is 2. The summed E-state index contributed by atoms with van der Waals surface area (Å²) in [4.78, 5) is 24.0. The fourth-order valence-corrected chi connectivity index (χ4v) is 5.12. The van der Waals surface area contributed by atoms with Gasteiger partial charge < -0.3 is 10.1 Å². The van der Waals surface area contributed by atoms with Crippen molar-refractivity contribution in [1.82, 2.24) is 9.78 Å². The number of halogens is 1. The number of anilines is 1. The number of ether oxygens (including phenoxy) is 1. The molecule has 0 spiro atoms. The summed E-state index contributed by atoms with van der Waals surface area (Å²) in [6.45, 7) is 9.38. The first kappa shape index (κ1) is 19.4. The van der Waals surface area contributed by atoms with Crippen molar-refractivity contribution in [2.45, 2.75) is 59.5 Å². The summed E-state index contributed by atoms with van der Waals surface area (Å²) in [5.74, 6) is 1.72. The number of hydrogen-bond acceptors (Lipinski definition) is 5. The van der Waals surface area contributed by atoms with Crippen molar-refractivity contribution in [3.8, 4) is 0 Å². The molecular weight excluding hydrogens is 398 g/mol. The van der Waals surface area contributed by atoms with Gasteiger partial charge in [0.1, 0.15) is 4.47 Å². The van der Waals surface area contributed by atoms with Crippen molar-refractivity contribution < 1.29 is 9.53 Å². The van der Waals surface area contributed by atoms with E-state index < -0.39 is 0 Å². The zero-order valence-corrected chi connectivity index (χ0v) is 17.5. The van der Waals surface area contributed by atoms with E-state index in [1.54, 1.807) is 13.1 Å². The van der Waals surface area contributed by atoms with Gasteiger partial charge in [0.25, 0.3) is 5.56 Å². The maximum atomic E-state index is 12.5. The Bertz CT molecular complexity index is 746. The van der Waals surface area contributed by atoms with Gasteiger partial charge in [0, 0.05) is 6.04 Å². The molecule has 7 heteroatoms. The summed E-state index contributed by atoms with van der Waals surface area (Å²) < 4.78 is 6.67. The van der Waals surface area contributed by atoms with E-state index in [4.69, 9.17) is 4.74 Å². The number of carbonyl (C=O) groups excluding carboxylic acids is 1. The van der Waals surface area contributed by atoms with E-state index in [9.17, 15) is 9.59 Å². The molecule has 26 heavy (non-hydrogen) atoms. The van der Waals surface area contributed by atoms with Crippen molar-refractivity contribution in [3.05, 3.63) is 21.0 Å². The van der Waals surface area contributed by atoms with Gasteiger partial charge in [0.15, 0.2) is 0 Å². The molecule has 144 valence electrons. The van der Waals surface area contributed by atoms with Gasteiger partial charge in [0.2, 0.25) is 0 Å². The summed E-state index contributed by atoms with van der Waals surface area (Å²) in [5, 5.41) is 7.76. The molecule has 1 aromatic rings. The van der Waals surface area contributed by atoms with Gasteiger partial charge in [-0.1, -0.05) is 20.8 Å². The molecule has 4 atom stereocenters. The lowest BCUT2D eigenvalue weighted by Gasteiger charge is -2.62. The molecule has 0 amide bonds. The number of aromatic nitrogens is 2. The van der Waals surface area contributed by atoms with Gasteiger partial charge in [0.05, 0.1) is 31.5 Å². The predicted octanol–water partition coefficient (Wildman–Crippen LogP) is 3.44. The Hall–Kier alpha value is -1.37. The summed E-state index contributed by atoms with van der Waals surface area (Å²) in [5.41, 5.74) is 0.940. The summed E-state index contributed by atoms with van der Waals surface area (Å²) >= 11 is 3.41. The number of rotatable bonds is 6. The number of esters is 1. The SMILES string of the molecule is CCOC(=O)CCn1ncc(N[C@@H]2C[C@@H]3C[C@H]([C@H]2C)C3(C)C)c(Br)c1=O. The highest BCUT2D eigenvalue weighted by molar-refractivity contribution is 9.10. The molecule has 0 unspecified atom stereocenters. The molecular formula is C19H28BrN3O3. The number of nitrogens with one attached hydrogen (secondary N) is 1. The maximum Gasteiger partial charge on any atom is 0.307 e. The molecule has 0 radical (unpaired) electrons. The Kier molecular flexibility index (Phi) is 5.47. The van der Waals surface area contributed by atoms with Gasteiger partial charge in [-0.15, -0.1) is 0 Å². The molecule has 6 nitrogen and oxygen atoms in total. The number of aryl methyl sites for hydroxylation is 1. The number of hydrogen-bond donors (Lipinski definition) is 1. The van der Waals surface area contributed by atoms with Gasteiger partial charge in [-0.3, -0.25) is 9.59 Å². The smallest absolute Gasteiger partial charge is 0.307 e. The van der Waals surface area contributed by atoms with Gasteiger partial charge in [-0.2, -0.15) is 5.10 Å². The van der Waals surface area contributed by atoms with E-state index >= 15 is 0 Å². The van der Waals surface area contributed by atoms with Gasteiger partial charge in [-0.25, -0.2) is 4.68 Å². The van der Waals surface area contributed by atoms with Crippen LogP contribution < -0.4 is 10.9 Å². The zero-order valence-electron chi connectivity index (χ0n) is 15.9. The molecule has 3 aliphatic rings. The lowest BCUT2D eigenvalue weighted by Crippen LogP contribution is -2.58. The molecule has 1 N–H and O–H groups in total.